The highest BCUT2D eigenvalue weighted by Gasteiger charge is 2.09. The lowest BCUT2D eigenvalue weighted by Gasteiger charge is -2.08. The van der Waals surface area contributed by atoms with Crippen LogP contribution in [0.5, 0.6) is 5.75 Å². The fourth-order valence-electron chi connectivity index (χ4n) is 1.70. The maximum absolute atomic E-state index is 12.1. The van der Waals surface area contributed by atoms with Gasteiger partial charge in [-0.25, -0.2) is 4.79 Å². The van der Waals surface area contributed by atoms with Crippen molar-refractivity contribution < 1.29 is 19.4 Å². The van der Waals surface area contributed by atoms with E-state index >= 15 is 0 Å². The van der Waals surface area contributed by atoms with Crippen molar-refractivity contribution in [2.75, 3.05) is 12.4 Å². The Morgan fingerprint density at radius 2 is 1.71 bits per heavy atom. The van der Waals surface area contributed by atoms with E-state index < -0.39 is 5.97 Å². The van der Waals surface area contributed by atoms with Gasteiger partial charge in [-0.3, -0.25) is 4.79 Å². The van der Waals surface area contributed by atoms with Crippen LogP contribution in [0.1, 0.15) is 20.7 Å². The first-order valence-electron chi connectivity index (χ1n) is 5.99. The van der Waals surface area contributed by atoms with Crippen LogP contribution in [0.25, 0.3) is 0 Å². The van der Waals surface area contributed by atoms with Gasteiger partial charge in [0.25, 0.3) is 5.91 Å². The molecule has 0 bridgehead atoms. The molecule has 2 N–H and O–H groups in total. The standard InChI is InChI=1S/C15H12BrNO4/c1-21-13-8-11(6-7-12(13)16)17-14(18)9-2-4-10(5-3-9)15(19)20/h2-8H,1H3,(H,17,18)(H,19,20). The van der Waals surface area contributed by atoms with Gasteiger partial charge in [0.05, 0.1) is 17.1 Å². The first kappa shape index (κ1) is 15.1. The molecule has 1 amide bonds. The van der Waals surface area contributed by atoms with Crippen LogP contribution in [-0.2, 0) is 0 Å². The number of methoxy groups -OCH3 is 1. The number of carboxylic acids is 1. The predicted molar refractivity (Wildman–Crippen MR) is 82.0 cm³/mol. The third kappa shape index (κ3) is 3.61. The van der Waals surface area contributed by atoms with Crippen molar-refractivity contribution in [2.24, 2.45) is 0 Å². The second-order valence-corrected chi connectivity index (χ2v) is 5.04. The molecule has 2 rings (SSSR count). The number of nitrogens with one attached hydrogen (secondary N) is 1. The Kier molecular flexibility index (Phi) is 4.59. The van der Waals surface area contributed by atoms with Crippen molar-refractivity contribution in [3.8, 4) is 5.75 Å². The molecule has 0 saturated heterocycles. The van der Waals surface area contributed by atoms with Crippen LogP contribution < -0.4 is 10.1 Å². The van der Waals surface area contributed by atoms with E-state index in [4.69, 9.17) is 9.84 Å². The summed E-state index contributed by atoms with van der Waals surface area (Å²) in [5.74, 6) is -0.745. The molecule has 108 valence electrons. The summed E-state index contributed by atoms with van der Waals surface area (Å²) in [6.07, 6.45) is 0. The highest BCUT2D eigenvalue weighted by Crippen LogP contribution is 2.28. The second kappa shape index (κ2) is 6.41. The van der Waals surface area contributed by atoms with Gasteiger partial charge in [0.15, 0.2) is 0 Å². The highest BCUT2D eigenvalue weighted by molar-refractivity contribution is 9.10. The molecule has 0 spiro atoms. The Balaban J connectivity index is 2.15. The average Bonchev–Trinajstić information content (AvgIpc) is 2.49. The molecule has 0 fully saturated rings. The van der Waals surface area contributed by atoms with E-state index in [0.29, 0.717) is 17.0 Å². The third-order valence-corrected chi connectivity index (χ3v) is 3.46. The first-order chi connectivity index (χ1) is 10.0. The van der Waals surface area contributed by atoms with Gasteiger partial charge >= 0.3 is 5.97 Å². The number of carboxylic acid groups (broad SMARTS) is 1. The Hall–Kier alpha value is -2.34. The van der Waals surface area contributed by atoms with E-state index in [-0.39, 0.29) is 11.5 Å². The van der Waals surface area contributed by atoms with Crippen molar-refractivity contribution in [1.29, 1.82) is 0 Å². The van der Waals surface area contributed by atoms with Gasteiger partial charge in [0, 0.05) is 17.3 Å². The molecule has 21 heavy (non-hydrogen) atoms. The zero-order chi connectivity index (χ0) is 15.4. The molecular formula is C15H12BrNO4. The molecule has 0 aliphatic carbocycles. The molecule has 0 unspecified atom stereocenters. The minimum atomic E-state index is -1.03. The van der Waals surface area contributed by atoms with Gasteiger partial charge < -0.3 is 15.2 Å². The molecule has 0 aliphatic heterocycles. The van der Waals surface area contributed by atoms with Crippen LogP contribution in [0.2, 0.25) is 0 Å². The SMILES string of the molecule is COc1cc(NC(=O)c2ccc(C(=O)O)cc2)ccc1Br. The molecule has 0 atom stereocenters. The fraction of sp³-hybridized carbons (Fsp3) is 0.0667. The summed E-state index contributed by atoms with van der Waals surface area (Å²) >= 11 is 3.33. The van der Waals surface area contributed by atoms with Crippen LogP contribution in [0, 0.1) is 0 Å². The van der Waals surface area contributed by atoms with Crippen molar-refractivity contribution >= 4 is 33.5 Å². The van der Waals surface area contributed by atoms with Gasteiger partial charge in [0.1, 0.15) is 5.75 Å². The number of anilines is 1. The predicted octanol–water partition coefficient (Wildman–Crippen LogP) is 3.41. The molecule has 0 heterocycles. The summed E-state index contributed by atoms with van der Waals surface area (Å²) in [5.41, 5.74) is 1.10. The van der Waals surface area contributed by atoms with Gasteiger partial charge in [0.2, 0.25) is 0 Å². The topological polar surface area (TPSA) is 75.6 Å². The molecule has 5 nitrogen and oxygen atoms in total. The summed E-state index contributed by atoms with van der Waals surface area (Å²) in [6, 6.07) is 10.9. The number of carbonyl (C=O) groups excluding carboxylic acids is 1. The second-order valence-electron chi connectivity index (χ2n) is 4.19. The van der Waals surface area contributed by atoms with Gasteiger partial charge in [-0.2, -0.15) is 0 Å². The van der Waals surface area contributed by atoms with Crippen molar-refractivity contribution in [3.05, 3.63) is 58.1 Å². The molecule has 6 heteroatoms. The molecular weight excluding hydrogens is 338 g/mol. The monoisotopic (exact) mass is 349 g/mol. The van der Waals surface area contributed by atoms with Crippen LogP contribution in [0.3, 0.4) is 0 Å². The van der Waals surface area contributed by atoms with Gasteiger partial charge in [-0.15, -0.1) is 0 Å². The third-order valence-electron chi connectivity index (χ3n) is 2.80. The number of hydrogen-bond donors (Lipinski definition) is 2. The minimum absolute atomic E-state index is 0.136. The first-order valence-corrected chi connectivity index (χ1v) is 6.79. The number of halogens is 1. The molecule has 0 aliphatic rings. The Morgan fingerprint density at radius 1 is 1.10 bits per heavy atom. The molecule has 2 aromatic carbocycles. The minimum Gasteiger partial charge on any atom is -0.495 e. The zero-order valence-electron chi connectivity index (χ0n) is 11.1. The normalized spacial score (nSPS) is 10.0. The van der Waals surface area contributed by atoms with Crippen LogP contribution >= 0.6 is 15.9 Å². The lowest BCUT2D eigenvalue weighted by atomic mass is 10.1. The van der Waals surface area contributed by atoms with Crippen LogP contribution in [-0.4, -0.2) is 24.1 Å². The summed E-state index contributed by atoms with van der Waals surface area (Å²) in [4.78, 5) is 22.8. The summed E-state index contributed by atoms with van der Waals surface area (Å²) < 4.78 is 5.94. The number of aromatic carboxylic acids is 1. The van der Waals surface area contributed by atoms with Crippen LogP contribution in [0.15, 0.2) is 46.9 Å². The van der Waals surface area contributed by atoms with E-state index in [1.54, 1.807) is 18.2 Å². The Labute approximate surface area is 129 Å². The quantitative estimate of drug-likeness (QED) is 0.886. The van der Waals surface area contributed by atoms with Gasteiger partial charge in [-0.1, -0.05) is 0 Å². The number of amides is 1. The van der Waals surface area contributed by atoms with E-state index in [1.165, 1.54) is 31.4 Å². The highest BCUT2D eigenvalue weighted by atomic mass is 79.9. The largest absolute Gasteiger partial charge is 0.495 e. The van der Waals surface area contributed by atoms with Gasteiger partial charge in [-0.05, 0) is 52.3 Å². The van der Waals surface area contributed by atoms with Crippen molar-refractivity contribution in [3.63, 3.8) is 0 Å². The van der Waals surface area contributed by atoms with E-state index in [0.717, 1.165) is 4.47 Å². The van der Waals surface area contributed by atoms with E-state index in [1.807, 2.05) is 0 Å². The smallest absolute Gasteiger partial charge is 0.335 e. The van der Waals surface area contributed by atoms with Crippen LogP contribution in [0.4, 0.5) is 5.69 Å². The lowest BCUT2D eigenvalue weighted by Crippen LogP contribution is -2.12. The Morgan fingerprint density at radius 3 is 2.29 bits per heavy atom. The molecule has 0 radical (unpaired) electrons. The number of carbonyl (C=O) groups is 2. The maximum Gasteiger partial charge on any atom is 0.335 e. The summed E-state index contributed by atoms with van der Waals surface area (Å²) in [5, 5.41) is 11.5. The number of rotatable bonds is 4. The molecule has 2 aromatic rings. The van der Waals surface area contributed by atoms with Crippen molar-refractivity contribution in [1.82, 2.24) is 0 Å². The maximum atomic E-state index is 12.1. The van der Waals surface area contributed by atoms with E-state index in [9.17, 15) is 9.59 Å². The number of hydrogen-bond acceptors (Lipinski definition) is 3. The summed E-state index contributed by atoms with van der Waals surface area (Å²) in [7, 11) is 1.54. The molecule has 0 saturated carbocycles. The average molecular weight is 350 g/mol. The number of benzene rings is 2. The zero-order valence-corrected chi connectivity index (χ0v) is 12.7. The number of ether oxygens (including phenoxy) is 1. The van der Waals surface area contributed by atoms with E-state index in [2.05, 4.69) is 21.2 Å². The summed E-state index contributed by atoms with van der Waals surface area (Å²) in [6.45, 7) is 0. The Bertz CT molecular complexity index is 683. The lowest BCUT2D eigenvalue weighted by molar-refractivity contribution is 0.0696. The van der Waals surface area contributed by atoms with Crippen molar-refractivity contribution in [2.45, 2.75) is 0 Å². The fourth-order valence-corrected chi connectivity index (χ4v) is 2.11. The molecule has 0 aromatic heterocycles.